The van der Waals surface area contributed by atoms with Gasteiger partial charge in [0.25, 0.3) is 5.91 Å². The van der Waals surface area contributed by atoms with E-state index in [1.54, 1.807) is 12.1 Å². The van der Waals surface area contributed by atoms with Crippen LogP contribution in [0.5, 0.6) is 0 Å². The maximum atomic E-state index is 12.6. The lowest BCUT2D eigenvalue weighted by Crippen LogP contribution is -2.21. The van der Waals surface area contributed by atoms with Gasteiger partial charge in [-0.2, -0.15) is 0 Å². The zero-order chi connectivity index (χ0) is 21.7. The molecule has 0 spiro atoms. The van der Waals surface area contributed by atoms with Gasteiger partial charge in [-0.25, -0.2) is 4.79 Å². The third-order valence-electron chi connectivity index (χ3n) is 4.88. The molecule has 0 radical (unpaired) electrons. The normalized spacial score (nSPS) is 11.1. The number of rotatable bonds is 5. The number of amides is 1. The summed E-state index contributed by atoms with van der Waals surface area (Å²) in [4.78, 5) is 24.8. The Balaban J connectivity index is 1.63. The average Bonchev–Trinajstić information content (AvgIpc) is 2.72. The summed E-state index contributed by atoms with van der Waals surface area (Å²) in [6.07, 6.45) is 0. The van der Waals surface area contributed by atoms with Gasteiger partial charge in [-0.15, -0.1) is 0 Å². The zero-order valence-corrected chi connectivity index (χ0v) is 17.9. The van der Waals surface area contributed by atoms with Gasteiger partial charge in [-0.05, 0) is 47.2 Å². The van der Waals surface area contributed by atoms with Crippen molar-refractivity contribution in [1.82, 2.24) is 0 Å². The molecule has 1 N–H and O–H groups in total. The molecule has 0 unspecified atom stereocenters. The van der Waals surface area contributed by atoms with E-state index < -0.39 is 5.97 Å². The van der Waals surface area contributed by atoms with Gasteiger partial charge in [0.15, 0.2) is 6.61 Å². The Morgan fingerprint density at radius 1 is 0.867 bits per heavy atom. The largest absolute Gasteiger partial charge is 0.452 e. The van der Waals surface area contributed by atoms with Gasteiger partial charge in [-0.3, -0.25) is 4.79 Å². The molecule has 3 aromatic carbocycles. The van der Waals surface area contributed by atoms with Crippen LogP contribution in [0.3, 0.4) is 0 Å². The molecule has 0 aliphatic heterocycles. The fraction of sp³-hybridized carbons (Fsp3) is 0.231. The minimum absolute atomic E-state index is 0.0446. The highest BCUT2D eigenvalue weighted by molar-refractivity contribution is 5.99. The van der Waals surface area contributed by atoms with E-state index in [0.717, 1.165) is 16.7 Å². The molecule has 3 aromatic rings. The minimum Gasteiger partial charge on any atom is -0.452 e. The second-order valence-electron chi connectivity index (χ2n) is 8.36. The van der Waals surface area contributed by atoms with Crippen LogP contribution in [-0.2, 0) is 14.9 Å². The lowest BCUT2D eigenvalue weighted by molar-refractivity contribution is -0.119. The first-order valence-electron chi connectivity index (χ1n) is 9.97. The SMILES string of the molecule is Cc1ccc(-c2ccccc2C(=O)OCC(=O)Nc2ccc(C(C)(C)C)cc2)cc1. The lowest BCUT2D eigenvalue weighted by atomic mass is 9.87. The van der Waals surface area contributed by atoms with Crippen LogP contribution in [0.4, 0.5) is 5.69 Å². The van der Waals surface area contributed by atoms with E-state index in [2.05, 4.69) is 26.1 Å². The summed E-state index contributed by atoms with van der Waals surface area (Å²) in [5.74, 6) is -0.899. The van der Waals surface area contributed by atoms with Crippen LogP contribution in [-0.4, -0.2) is 18.5 Å². The summed E-state index contributed by atoms with van der Waals surface area (Å²) in [6.45, 7) is 8.07. The molecule has 4 heteroatoms. The molecule has 0 aliphatic carbocycles. The molecule has 0 saturated carbocycles. The van der Waals surface area contributed by atoms with Crippen molar-refractivity contribution in [3.63, 3.8) is 0 Å². The second-order valence-corrected chi connectivity index (χ2v) is 8.36. The molecule has 0 atom stereocenters. The second kappa shape index (κ2) is 8.95. The molecule has 0 heterocycles. The van der Waals surface area contributed by atoms with Crippen molar-refractivity contribution in [2.45, 2.75) is 33.1 Å². The Labute approximate surface area is 177 Å². The van der Waals surface area contributed by atoms with Crippen LogP contribution < -0.4 is 5.32 Å². The number of hydrogen-bond acceptors (Lipinski definition) is 3. The van der Waals surface area contributed by atoms with Crippen molar-refractivity contribution in [2.24, 2.45) is 0 Å². The standard InChI is InChI=1S/C26H27NO3/c1-18-9-11-19(12-10-18)22-7-5-6-8-23(22)25(29)30-17-24(28)27-21-15-13-20(14-16-21)26(2,3)4/h5-16H,17H2,1-4H3,(H,27,28). The molecule has 0 saturated heterocycles. The first-order chi connectivity index (χ1) is 14.2. The number of aryl methyl sites for hydroxylation is 1. The fourth-order valence-corrected chi connectivity index (χ4v) is 3.11. The van der Waals surface area contributed by atoms with Gasteiger partial charge >= 0.3 is 5.97 Å². The third-order valence-corrected chi connectivity index (χ3v) is 4.88. The van der Waals surface area contributed by atoms with Gasteiger partial charge in [0, 0.05) is 5.69 Å². The molecule has 0 aromatic heterocycles. The first-order valence-corrected chi connectivity index (χ1v) is 9.97. The Morgan fingerprint density at radius 3 is 2.13 bits per heavy atom. The smallest absolute Gasteiger partial charge is 0.339 e. The Morgan fingerprint density at radius 2 is 1.50 bits per heavy atom. The van der Waals surface area contributed by atoms with E-state index in [-0.39, 0.29) is 17.9 Å². The maximum Gasteiger partial charge on any atom is 0.339 e. The highest BCUT2D eigenvalue weighted by atomic mass is 16.5. The number of ether oxygens (including phenoxy) is 1. The van der Waals surface area contributed by atoms with Gasteiger partial charge in [-0.1, -0.05) is 80.9 Å². The highest BCUT2D eigenvalue weighted by Gasteiger charge is 2.16. The maximum absolute atomic E-state index is 12.6. The molecule has 3 rings (SSSR count). The van der Waals surface area contributed by atoms with Crippen LogP contribution in [0, 0.1) is 6.92 Å². The van der Waals surface area contributed by atoms with Gasteiger partial charge in [0.2, 0.25) is 0 Å². The topological polar surface area (TPSA) is 55.4 Å². The van der Waals surface area contributed by atoms with Crippen molar-refractivity contribution in [1.29, 1.82) is 0 Å². The zero-order valence-electron chi connectivity index (χ0n) is 17.9. The van der Waals surface area contributed by atoms with E-state index >= 15 is 0 Å². The van der Waals surface area contributed by atoms with Crippen molar-refractivity contribution >= 4 is 17.6 Å². The molecule has 0 bridgehead atoms. The van der Waals surface area contributed by atoms with E-state index in [4.69, 9.17) is 4.74 Å². The summed E-state index contributed by atoms with van der Waals surface area (Å²) >= 11 is 0. The van der Waals surface area contributed by atoms with Gasteiger partial charge < -0.3 is 10.1 Å². The number of carbonyl (C=O) groups is 2. The summed E-state index contributed by atoms with van der Waals surface area (Å²) < 4.78 is 5.27. The molecule has 1 amide bonds. The first kappa shape index (κ1) is 21.3. The lowest BCUT2D eigenvalue weighted by Gasteiger charge is -2.19. The number of benzene rings is 3. The summed E-state index contributed by atoms with van der Waals surface area (Å²) in [5.41, 5.74) is 5.18. The van der Waals surface area contributed by atoms with E-state index in [9.17, 15) is 9.59 Å². The molecule has 30 heavy (non-hydrogen) atoms. The fourth-order valence-electron chi connectivity index (χ4n) is 3.11. The van der Waals surface area contributed by atoms with Gasteiger partial charge in [0.1, 0.15) is 0 Å². The van der Waals surface area contributed by atoms with Crippen molar-refractivity contribution in [3.8, 4) is 11.1 Å². The van der Waals surface area contributed by atoms with Crippen LogP contribution >= 0.6 is 0 Å². The molecule has 4 nitrogen and oxygen atoms in total. The highest BCUT2D eigenvalue weighted by Crippen LogP contribution is 2.25. The van der Waals surface area contributed by atoms with Crippen molar-refractivity contribution in [3.05, 3.63) is 89.5 Å². The van der Waals surface area contributed by atoms with Crippen LogP contribution in [0.2, 0.25) is 0 Å². The number of hydrogen-bond donors (Lipinski definition) is 1. The van der Waals surface area contributed by atoms with E-state index in [1.807, 2.05) is 67.6 Å². The van der Waals surface area contributed by atoms with Crippen LogP contribution in [0.25, 0.3) is 11.1 Å². The molecular weight excluding hydrogens is 374 g/mol. The molecular formula is C26H27NO3. The summed E-state index contributed by atoms with van der Waals surface area (Å²) in [6, 6.07) is 22.8. The predicted octanol–water partition coefficient (Wildman–Crippen LogP) is 5.76. The number of nitrogens with one attached hydrogen (secondary N) is 1. The number of esters is 1. The van der Waals surface area contributed by atoms with E-state index in [1.165, 1.54) is 5.56 Å². The van der Waals surface area contributed by atoms with Crippen LogP contribution in [0.1, 0.15) is 42.3 Å². The number of carbonyl (C=O) groups excluding carboxylic acids is 2. The molecule has 0 fully saturated rings. The monoisotopic (exact) mass is 401 g/mol. The van der Waals surface area contributed by atoms with Crippen molar-refractivity contribution < 1.29 is 14.3 Å². The Hall–Kier alpha value is -3.40. The Kier molecular flexibility index (Phi) is 6.36. The van der Waals surface area contributed by atoms with Crippen LogP contribution in [0.15, 0.2) is 72.8 Å². The van der Waals surface area contributed by atoms with Gasteiger partial charge in [0.05, 0.1) is 5.56 Å². The minimum atomic E-state index is -0.524. The third kappa shape index (κ3) is 5.35. The van der Waals surface area contributed by atoms with Crippen molar-refractivity contribution in [2.75, 3.05) is 11.9 Å². The summed E-state index contributed by atoms with van der Waals surface area (Å²) in [7, 11) is 0. The predicted molar refractivity (Wildman–Crippen MR) is 121 cm³/mol. The quantitative estimate of drug-likeness (QED) is 0.554. The average molecular weight is 402 g/mol. The molecule has 154 valence electrons. The molecule has 0 aliphatic rings. The number of anilines is 1. The summed E-state index contributed by atoms with van der Waals surface area (Å²) in [5, 5.41) is 2.76. The van der Waals surface area contributed by atoms with E-state index in [0.29, 0.717) is 11.3 Å². The Bertz CT molecular complexity index is 1030.